The van der Waals surface area contributed by atoms with Gasteiger partial charge in [-0.25, -0.2) is 4.98 Å². The van der Waals surface area contributed by atoms with Crippen LogP contribution in [0.4, 0.5) is 0 Å². The maximum Gasteiger partial charge on any atom is 0.224 e. The van der Waals surface area contributed by atoms with Crippen molar-refractivity contribution in [1.82, 2.24) is 15.2 Å². The normalized spacial score (nSPS) is 21.1. The quantitative estimate of drug-likeness (QED) is 0.887. The van der Waals surface area contributed by atoms with Crippen molar-refractivity contribution in [3.63, 3.8) is 0 Å². The van der Waals surface area contributed by atoms with E-state index in [1.807, 2.05) is 36.5 Å². The molecule has 2 heterocycles. The number of hydrogen-bond acceptors (Lipinski definition) is 4. The number of oxazole rings is 1. The SMILES string of the molecule is O=C(NCc1ccccc1)C1CCN(Cc2cnc(C3CC3)o2)C1. The molecule has 1 saturated carbocycles. The zero-order valence-corrected chi connectivity index (χ0v) is 13.8. The predicted molar refractivity (Wildman–Crippen MR) is 90.2 cm³/mol. The number of amides is 1. The van der Waals surface area contributed by atoms with Gasteiger partial charge in [0.25, 0.3) is 0 Å². The first-order valence-corrected chi connectivity index (χ1v) is 8.76. The Morgan fingerprint density at radius 1 is 1.25 bits per heavy atom. The molecule has 1 aromatic carbocycles. The van der Waals surface area contributed by atoms with E-state index < -0.39 is 0 Å². The molecule has 1 saturated heterocycles. The van der Waals surface area contributed by atoms with Crippen LogP contribution < -0.4 is 5.32 Å². The Bertz CT molecular complexity index is 694. The summed E-state index contributed by atoms with van der Waals surface area (Å²) in [5.74, 6) is 2.58. The Morgan fingerprint density at radius 2 is 2.08 bits per heavy atom. The van der Waals surface area contributed by atoms with E-state index >= 15 is 0 Å². The largest absolute Gasteiger partial charge is 0.444 e. The summed E-state index contributed by atoms with van der Waals surface area (Å²) >= 11 is 0. The zero-order valence-electron chi connectivity index (χ0n) is 13.8. The number of carbonyl (C=O) groups excluding carboxylic acids is 1. The van der Waals surface area contributed by atoms with Crippen molar-refractivity contribution < 1.29 is 9.21 Å². The molecule has 0 spiro atoms. The molecule has 0 radical (unpaired) electrons. The molecule has 1 atom stereocenters. The molecule has 2 fully saturated rings. The molecular weight excluding hydrogens is 302 g/mol. The van der Waals surface area contributed by atoms with E-state index in [1.165, 1.54) is 12.8 Å². The third-order valence-electron chi connectivity index (χ3n) is 4.83. The lowest BCUT2D eigenvalue weighted by Gasteiger charge is -2.14. The summed E-state index contributed by atoms with van der Waals surface area (Å²) in [6.07, 6.45) is 5.15. The van der Waals surface area contributed by atoms with E-state index in [1.54, 1.807) is 0 Å². The minimum absolute atomic E-state index is 0.0690. The van der Waals surface area contributed by atoms with Gasteiger partial charge in [-0.05, 0) is 31.4 Å². The van der Waals surface area contributed by atoms with Crippen molar-refractivity contribution in [2.75, 3.05) is 13.1 Å². The predicted octanol–water partition coefficient (Wildman–Crippen LogP) is 2.69. The van der Waals surface area contributed by atoms with Gasteiger partial charge >= 0.3 is 0 Å². The third kappa shape index (κ3) is 3.67. The first-order chi connectivity index (χ1) is 11.8. The van der Waals surface area contributed by atoms with Crippen molar-refractivity contribution in [3.8, 4) is 0 Å². The summed E-state index contributed by atoms with van der Waals surface area (Å²) in [5, 5.41) is 3.05. The Labute approximate surface area is 142 Å². The third-order valence-corrected chi connectivity index (χ3v) is 4.83. The van der Waals surface area contributed by atoms with Crippen LogP contribution in [0, 0.1) is 5.92 Å². The van der Waals surface area contributed by atoms with Gasteiger partial charge in [-0.15, -0.1) is 0 Å². The van der Waals surface area contributed by atoms with Crippen LogP contribution in [-0.4, -0.2) is 28.9 Å². The standard InChI is InChI=1S/C19H23N3O2/c23-18(20-10-14-4-2-1-3-5-14)16-8-9-22(12-16)13-17-11-21-19(24-17)15-6-7-15/h1-5,11,15-16H,6-10,12-13H2,(H,20,23). The first-order valence-electron chi connectivity index (χ1n) is 8.76. The Morgan fingerprint density at radius 3 is 2.88 bits per heavy atom. The minimum atomic E-state index is 0.0690. The van der Waals surface area contributed by atoms with Gasteiger partial charge < -0.3 is 9.73 Å². The second kappa shape index (κ2) is 6.77. The molecule has 2 aliphatic rings. The monoisotopic (exact) mass is 325 g/mol. The van der Waals surface area contributed by atoms with Gasteiger partial charge in [-0.1, -0.05) is 30.3 Å². The molecule has 0 bridgehead atoms. The number of carbonyl (C=O) groups is 1. The van der Waals surface area contributed by atoms with Gasteiger partial charge in [0.2, 0.25) is 5.91 Å². The van der Waals surface area contributed by atoms with Gasteiger partial charge in [-0.2, -0.15) is 0 Å². The van der Waals surface area contributed by atoms with E-state index in [-0.39, 0.29) is 11.8 Å². The van der Waals surface area contributed by atoms with Crippen LogP contribution in [0.2, 0.25) is 0 Å². The van der Waals surface area contributed by atoms with Crippen LogP contribution in [0.3, 0.4) is 0 Å². The molecule has 24 heavy (non-hydrogen) atoms. The number of likely N-dealkylation sites (tertiary alicyclic amines) is 1. The van der Waals surface area contributed by atoms with Crippen molar-refractivity contribution in [3.05, 3.63) is 53.7 Å². The molecule has 1 aliphatic heterocycles. The maximum absolute atomic E-state index is 12.3. The molecule has 1 unspecified atom stereocenters. The van der Waals surface area contributed by atoms with Crippen molar-refractivity contribution in [2.45, 2.75) is 38.3 Å². The lowest BCUT2D eigenvalue weighted by molar-refractivity contribution is -0.124. The number of aromatic nitrogens is 1. The van der Waals surface area contributed by atoms with Crippen LogP contribution in [0.25, 0.3) is 0 Å². The number of nitrogens with zero attached hydrogens (tertiary/aromatic N) is 2. The van der Waals surface area contributed by atoms with Crippen LogP contribution >= 0.6 is 0 Å². The van der Waals surface area contributed by atoms with E-state index in [0.29, 0.717) is 12.5 Å². The Kier molecular flexibility index (Phi) is 4.34. The molecule has 2 aromatic rings. The van der Waals surface area contributed by atoms with E-state index in [4.69, 9.17) is 4.42 Å². The minimum Gasteiger partial charge on any atom is -0.444 e. The van der Waals surface area contributed by atoms with Gasteiger partial charge in [-0.3, -0.25) is 9.69 Å². The van der Waals surface area contributed by atoms with Gasteiger partial charge in [0.15, 0.2) is 5.89 Å². The molecule has 4 rings (SSSR count). The molecule has 126 valence electrons. The average Bonchev–Trinajstić information content (AvgIpc) is 3.18. The van der Waals surface area contributed by atoms with Crippen molar-refractivity contribution >= 4 is 5.91 Å². The van der Waals surface area contributed by atoms with Gasteiger partial charge in [0, 0.05) is 19.0 Å². The fraction of sp³-hybridized carbons (Fsp3) is 0.474. The molecular formula is C19H23N3O2. The van der Waals surface area contributed by atoms with Crippen LogP contribution in [0.15, 0.2) is 40.9 Å². The van der Waals surface area contributed by atoms with Gasteiger partial charge in [0.05, 0.1) is 18.7 Å². The topological polar surface area (TPSA) is 58.4 Å². The summed E-state index contributed by atoms with van der Waals surface area (Å²) in [6, 6.07) is 10.0. The molecule has 1 N–H and O–H groups in total. The molecule has 5 nitrogen and oxygen atoms in total. The van der Waals surface area contributed by atoms with E-state index in [2.05, 4.69) is 15.2 Å². The maximum atomic E-state index is 12.3. The highest BCUT2D eigenvalue weighted by Crippen LogP contribution is 2.39. The summed E-state index contributed by atoms with van der Waals surface area (Å²) in [6.45, 7) is 3.08. The lowest BCUT2D eigenvalue weighted by Crippen LogP contribution is -2.32. The summed E-state index contributed by atoms with van der Waals surface area (Å²) < 4.78 is 5.82. The Hall–Kier alpha value is -2.14. The molecule has 1 amide bonds. The highest BCUT2D eigenvalue weighted by molar-refractivity contribution is 5.79. The number of hydrogen-bond donors (Lipinski definition) is 1. The Balaban J connectivity index is 1.25. The fourth-order valence-corrected chi connectivity index (χ4v) is 3.25. The molecule has 1 aromatic heterocycles. The summed E-state index contributed by atoms with van der Waals surface area (Å²) in [7, 11) is 0. The zero-order chi connectivity index (χ0) is 16.4. The van der Waals surface area contributed by atoms with Crippen molar-refractivity contribution in [2.24, 2.45) is 5.92 Å². The second-order valence-electron chi connectivity index (χ2n) is 6.86. The number of rotatable bonds is 6. The smallest absolute Gasteiger partial charge is 0.224 e. The first kappa shape index (κ1) is 15.4. The number of nitrogens with one attached hydrogen (secondary N) is 1. The second-order valence-corrected chi connectivity index (χ2v) is 6.86. The van der Waals surface area contributed by atoms with Gasteiger partial charge in [0.1, 0.15) is 5.76 Å². The van der Waals surface area contributed by atoms with E-state index in [9.17, 15) is 4.79 Å². The molecule has 5 heteroatoms. The highest BCUT2D eigenvalue weighted by atomic mass is 16.4. The van der Waals surface area contributed by atoms with Crippen molar-refractivity contribution in [1.29, 1.82) is 0 Å². The average molecular weight is 325 g/mol. The summed E-state index contributed by atoms with van der Waals surface area (Å²) in [4.78, 5) is 19.0. The van der Waals surface area contributed by atoms with E-state index in [0.717, 1.165) is 43.3 Å². The fourth-order valence-electron chi connectivity index (χ4n) is 3.25. The lowest BCUT2D eigenvalue weighted by atomic mass is 10.1. The van der Waals surface area contributed by atoms with Crippen LogP contribution in [0.5, 0.6) is 0 Å². The highest BCUT2D eigenvalue weighted by Gasteiger charge is 2.31. The van der Waals surface area contributed by atoms with Crippen LogP contribution in [0.1, 0.15) is 42.4 Å². The number of benzene rings is 1. The van der Waals surface area contributed by atoms with Crippen LogP contribution in [-0.2, 0) is 17.9 Å². The summed E-state index contributed by atoms with van der Waals surface area (Å²) in [5.41, 5.74) is 1.13. The molecule has 1 aliphatic carbocycles.